The number of fused-ring (bicyclic) bond motifs is 1. The minimum Gasteiger partial charge on any atom is -0.486 e. The van der Waals surface area contributed by atoms with Crippen LogP contribution >= 0.6 is 0 Å². The van der Waals surface area contributed by atoms with E-state index in [9.17, 15) is 14.4 Å². The first kappa shape index (κ1) is 18.0. The number of rotatable bonds is 3. The van der Waals surface area contributed by atoms with Gasteiger partial charge in [-0.15, -0.1) is 0 Å². The molecule has 4 rings (SSSR count). The van der Waals surface area contributed by atoms with Gasteiger partial charge in [-0.2, -0.15) is 0 Å². The van der Waals surface area contributed by atoms with Gasteiger partial charge in [0.25, 0.3) is 0 Å². The van der Waals surface area contributed by atoms with Gasteiger partial charge in [-0.3, -0.25) is 14.4 Å². The summed E-state index contributed by atoms with van der Waals surface area (Å²) in [7, 11) is 0. The number of carbonyl (C=O) groups is 3. The molecule has 1 atom stereocenters. The zero-order valence-corrected chi connectivity index (χ0v) is 15.6. The number of Topliss-reactive ketones (excluding diaryl/α,β-unsaturated/α-hetero) is 1. The monoisotopic (exact) mass is 370 g/mol. The molecule has 144 valence electrons. The van der Waals surface area contributed by atoms with Crippen LogP contribution in [0.25, 0.3) is 0 Å². The Kier molecular flexibility index (Phi) is 4.89. The van der Waals surface area contributed by atoms with Crippen LogP contribution in [0.4, 0.5) is 0 Å². The Morgan fingerprint density at radius 1 is 1.07 bits per heavy atom. The van der Waals surface area contributed by atoms with E-state index < -0.39 is 5.60 Å². The summed E-state index contributed by atoms with van der Waals surface area (Å²) in [5.41, 5.74) is 0.168. The Labute approximate surface area is 159 Å². The maximum Gasteiger partial charge on any atom is 0.224 e. The lowest BCUT2D eigenvalue weighted by molar-refractivity contribution is -0.133. The SMILES string of the molecule is O=C1CC2(CCCN(C(=O)CCN3CCCC3=O)CC2)Oc2ccccc21. The van der Waals surface area contributed by atoms with Crippen LogP contribution in [0.5, 0.6) is 5.75 Å². The van der Waals surface area contributed by atoms with Gasteiger partial charge in [0, 0.05) is 45.4 Å². The number of nitrogens with zero attached hydrogens (tertiary/aromatic N) is 2. The zero-order valence-electron chi connectivity index (χ0n) is 15.6. The molecule has 1 aromatic carbocycles. The van der Waals surface area contributed by atoms with Gasteiger partial charge in [-0.1, -0.05) is 12.1 Å². The van der Waals surface area contributed by atoms with E-state index in [1.165, 1.54) is 0 Å². The molecule has 3 aliphatic rings. The van der Waals surface area contributed by atoms with E-state index >= 15 is 0 Å². The first-order valence-corrected chi connectivity index (χ1v) is 9.93. The molecule has 0 radical (unpaired) electrons. The van der Waals surface area contributed by atoms with Crippen LogP contribution in [-0.2, 0) is 9.59 Å². The molecular weight excluding hydrogens is 344 g/mol. The van der Waals surface area contributed by atoms with Crippen molar-refractivity contribution in [1.29, 1.82) is 0 Å². The fourth-order valence-electron chi connectivity index (χ4n) is 4.47. The Hall–Kier alpha value is -2.37. The largest absolute Gasteiger partial charge is 0.486 e. The Morgan fingerprint density at radius 2 is 1.93 bits per heavy atom. The third-order valence-electron chi connectivity index (χ3n) is 6.01. The molecule has 0 N–H and O–H groups in total. The fraction of sp³-hybridized carbons (Fsp3) is 0.571. The van der Waals surface area contributed by atoms with Crippen LogP contribution in [0.3, 0.4) is 0 Å². The van der Waals surface area contributed by atoms with Crippen LogP contribution in [0.1, 0.15) is 55.3 Å². The summed E-state index contributed by atoms with van der Waals surface area (Å²) in [6, 6.07) is 7.42. The zero-order chi connectivity index (χ0) is 18.9. The van der Waals surface area contributed by atoms with Gasteiger partial charge in [0.05, 0.1) is 12.0 Å². The number of ketones is 1. The molecule has 1 spiro atoms. The molecule has 2 saturated heterocycles. The number of carbonyl (C=O) groups excluding carboxylic acids is 3. The average Bonchev–Trinajstić information content (AvgIpc) is 2.96. The second kappa shape index (κ2) is 7.33. The molecule has 27 heavy (non-hydrogen) atoms. The number of para-hydroxylation sites is 1. The van der Waals surface area contributed by atoms with Crippen molar-refractivity contribution in [2.75, 3.05) is 26.2 Å². The van der Waals surface area contributed by atoms with E-state index in [1.807, 2.05) is 29.2 Å². The topological polar surface area (TPSA) is 66.9 Å². The lowest BCUT2D eigenvalue weighted by Crippen LogP contribution is -2.43. The summed E-state index contributed by atoms with van der Waals surface area (Å²) in [4.78, 5) is 40.6. The highest BCUT2D eigenvalue weighted by Gasteiger charge is 2.42. The number of likely N-dealkylation sites (tertiary alicyclic amines) is 2. The molecule has 6 nitrogen and oxygen atoms in total. The molecule has 0 aliphatic carbocycles. The third kappa shape index (κ3) is 3.70. The van der Waals surface area contributed by atoms with E-state index in [2.05, 4.69) is 0 Å². The molecule has 0 bridgehead atoms. The molecule has 0 saturated carbocycles. The van der Waals surface area contributed by atoms with Crippen molar-refractivity contribution in [1.82, 2.24) is 9.80 Å². The number of amides is 2. The van der Waals surface area contributed by atoms with Crippen molar-refractivity contribution in [3.63, 3.8) is 0 Å². The van der Waals surface area contributed by atoms with E-state index in [1.54, 1.807) is 4.90 Å². The molecule has 2 fully saturated rings. The maximum absolute atomic E-state index is 12.6. The van der Waals surface area contributed by atoms with Gasteiger partial charge in [0.1, 0.15) is 11.4 Å². The van der Waals surface area contributed by atoms with Gasteiger partial charge in [-0.25, -0.2) is 0 Å². The highest BCUT2D eigenvalue weighted by molar-refractivity contribution is 6.00. The van der Waals surface area contributed by atoms with Crippen molar-refractivity contribution in [2.45, 2.75) is 50.5 Å². The number of hydrogen-bond acceptors (Lipinski definition) is 4. The molecule has 2 amide bonds. The molecule has 6 heteroatoms. The fourth-order valence-corrected chi connectivity index (χ4v) is 4.47. The van der Waals surface area contributed by atoms with E-state index in [-0.39, 0.29) is 17.6 Å². The molecule has 1 aromatic rings. The molecule has 3 aliphatic heterocycles. The Bertz CT molecular complexity index is 762. The van der Waals surface area contributed by atoms with Crippen LogP contribution in [-0.4, -0.2) is 59.2 Å². The molecular formula is C21H26N2O4. The molecule has 1 unspecified atom stereocenters. The summed E-state index contributed by atoms with van der Waals surface area (Å²) < 4.78 is 6.28. The standard InChI is InChI=1S/C21H26N2O4/c24-17-15-21(27-18-6-2-1-5-16(17)18)9-4-12-23(14-10-21)20(26)8-13-22-11-3-7-19(22)25/h1-2,5-6H,3-4,7-15H2. The van der Waals surface area contributed by atoms with E-state index in [4.69, 9.17) is 4.74 Å². The van der Waals surface area contributed by atoms with Gasteiger partial charge in [0.2, 0.25) is 11.8 Å². The average molecular weight is 370 g/mol. The first-order valence-electron chi connectivity index (χ1n) is 9.93. The Balaban J connectivity index is 1.37. The summed E-state index contributed by atoms with van der Waals surface area (Å²) in [5, 5.41) is 0. The highest BCUT2D eigenvalue weighted by atomic mass is 16.5. The first-order chi connectivity index (χ1) is 13.1. The number of benzene rings is 1. The van der Waals surface area contributed by atoms with E-state index in [0.717, 1.165) is 25.8 Å². The molecule has 0 aromatic heterocycles. The van der Waals surface area contributed by atoms with Crippen molar-refractivity contribution >= 4 is 17.6 Å². The lowest BCUT2D eigenvalue weighted by atomic mass is 9.84. The maximum atomic E-state index is 12.6. The summed E-state index contributed by atoms with van der Waals surface area (Å²) in [5.74, 6) is 1.05. The van der Waals surface area contributed by atoms with Gasteiger partial charge in [-0.05, 0) is 31.4 Å². The minimum atomic E-state index is -0.495. The Morgan fingerprint density at radius 3 is 2.74 bits per heavy atom. The van der Waals surface area contributed by atoms with E-state index in [0.29, 0.717) is 56.6 Å². The van der Waals surface area contributed by atoms with Gasteiger partial charge in [0.15, 0.2) is 5.78 Å². The van der Waals surface area contributed by atoms with Crippen molar-refractivity contribution in [3.05, 3.63) is 29.8 Å². The summed E-state index contributed by atoms with van der Waals surface area (Å²) in [6.07, 6.45) is 4.53. The van der Waals surface area contributed by atoms with Crippen molar-refractivity contribution < 1.29 is 19.1 Å². The smallest absolute Gasteiger partial charge is 0.224 e. The predicted molar refractivity (Wildman–Crippen MR) is 99.6 cm³/mol. The number of ether oxygens (including phenoxy) is 1. The van der Waals surface area contributed by atoms with Gasteiger partial charge >= 0.3 is 0 Å². The second-order valence-electron chi connectivity index (χ2n) is 7.85. The molecule has 3 heterocycles. The van der Waals surface area contributed by atoms with Crippen LogP contribution in [0, 0.1) is 0 Å². The summed E-state index contributed by atoms with van der Waals surface area (Å²) in [6.45, 7) is 2.57. The van der Waals surface area contributed by atoms with Crippen molar-refractivity contribution in [3.8, 4) is 5.75 Å². The summed E-state index contributed by atoms with van der Waals surface area (Å²) >= 11 is 0. The van der Waals surface area contributed by atoms with Crippen LogP contribution in [0.15, 0.2) is 24.3 Å². The van der Waals surface area contributed by atoms with Crippen LogP contribution in [0.2, 0.25) is 0 Å². The second-order valence-corrected chi connectivity index (χ2v) is 7.85. The predicted octanol–water partition coefficient (Wildman–Crippen LogP) is 2.42. The third-order valence-corrected chi connectivity index (χ3v) is 6.01. The normalized spacial score (nSPS) is 25.3. The van der Waals surface area contributed by atoms with Crippen LogP contribution < -0.4 is 4.74 Å². The quantitative estimate of drug-likeness (QED) is 0.820. The van der Waals surface area contributed by atoms with Gasteiger partial charge < -0.3 is 14.5 Å². The number of hydrogen-bond donors (Lipinski definition) is 0. The van der Waals surface area contributed by atoms with Crippen molar-refractivity contribution in [2.24, 2.45) is 0 Å². The highest BCUT2D eigenvalue weighted by Crippen LogP contribution is 2.39. The minimum absolute atomic E-state index is 0.0919. The lowest BCUT2D eigenvalue weighted by Gasteiger charge is -2.37.